The largest absolute Gasteiger partial charge is 0.384 e. The zero-order valence-electron chi connectivity index (χ0n) is 12.6. The topological polar surface area (TPSA) is 49.3 Å². The van der Waals surface area contributed by atoms with Gasteiger partial charge in [-0.3, -0.25) is 4.79 Å². The lowest BCUT2D eigenvalue weighted by molar-refractivity contribution is 0.0928. The summed E-state index contributed by atoms with van der Waals surface area (Å²) in [5.74, 6) is 5.38. The number of rotatable bonds is 4. The zero-order valence-corrected chi connectivity index (χ0v) is 12.6. The molecule has 0 aromatic heterocycles. The van der Waals surface area contributed by atoms with Crippen LogP contribution in [0.1, 0.15) is 54.9 Å². The van der Waals surface area contributed by atoms with Crippen molar-refractivity contribution in [1.29, 1.82) is 0 Å². The molecule has 1 aromatic rings. The number of hydrogen-bond acceptors (Lipinski definition) is 2. The number of carbonyl (C=O) groups is 1. The van der Waals surface area contributed by atoms with Gasteiger partial charge < -0.3 is 10.4 Å². The molecule has 21 heavy (non-hydrogen) atoms. The molecule has 3 nitrogen and oxygen atoms in total. The monoisotopic (exact) mass is 285 g/mol. The van der Waals surface area contributed by atoms with Gasteiger partial charge in [-0.25, -0.2) is 0 Å². The molecule has 0 radical (unpaired) electrons. The Hall–Kier alpha value is -1.79. The average molecular weight is 285 g/mol. The summed E-state index contributed by atoms with van der Waals surface area (Å²) in [4.78, 5) is 12.3. The number of aliphatic hydroxyl groups excluding tert-OH is 1. The zero-order chi connectivity index (χ0) is 15.1. The van der Waals surface area contributed by atoms with Crippen molar-refractivity contribution in [3.05, 3.63) is 35.4 Å². The normalized spacial score (nSPS) is 16.1. The lowest BCUT2D eigenvalue weighted by atomic mass is 9.83. The Morgan fingerprint density at radius 1 is 1.38 bits per heavy atom. The molecule has 0 spiro atoms. The van der Waals surface area contributed by atoms with E-state index in [2.05, 4.69) is 24.1 Å². The van der Waals surface area contributed by atoms with Gasteiger partial charge in [-0.2, -0.15) is 0 Å². The first-order valence-corrected chi connectivity index (χ1v) is 7.67. The van der Waals surface area contributed by atoms with Crippen molar-refractivity contribution in [3.8, 4) is 11.8 Å². The van der Waals surface area contributed by atoms with E-state index in [1.807, 2.05) is 12.1 Å². The van der Waals surface area contributed by atoms with Gasteiger partial charge in [0.25, 0.3) is 5.91 Å². The minimum absolute atomic E-state index is 0.0395. The van der Waals surface area contributed by atoms with Crippen LogP contribution in [0.15, 0.2) is 24.3 Å². The second kappa shape index (κ2) is 7.28. The van der Waals surface area contributed by atoms with Crippen molar-refractivity contribution in [1.82, 2.24) is 5.32 Å². The van der Waals surface area contributed by atoms with Crippen molar-refractivity contribution >= 4 is 5.91 Å². The van der Waals surface area contributed by atoms with E-state index in [1.165, 1.54) is 25.7 Å². The summed E-state index contributed by atoms with van der Waals surface area (Å²) in [5, 5.41) is 11.8. The van der Waals surface area contributed by atoms with Gasteiger partial charge in [-0.05, 0) is 42.9 Å². The van der Waals surface area contributed by atoms with Crippen LogP contribution in [0.2, 0.25) is 0 Å². The Bertz CT molecular complexity index is 548. The molecule has 1 aliphatic rings. The second-order valence-electron chi connectivity index (χ2n) is 5.78. The first-order valence-electron chi connectivity index (χ1n) is 7.67. The van der Waals surface area contributed by atoms with E-state index < -0.39 is 0 Å². The summed E-state index contributed by atoms with van der Waals surface area (Å²) < 4.78 is 0. The third-order valence-electron chi connectivity index (χ3n) is 4.47. The van der Waals surface area contributed by atoms with E-state index in [-0.39, 0.29) is 12.5 Å². The van der Waals surface area contributed by atoms with Gasteiger partial charge in [-0.15, -0.1) is 0 Å². The SMILES string of the molecule is CCC1(CNC(=O)c2cccc(C#CCO)c2)CCCC1. The predicted octanol–water partition coefficient (Wildman–Crippen LogP) is 2.73. The highest BCUT2D eigenvalue weighted by molar-refractivity contribution is 5.94. The van der Waals surface area contributed by atoms with Crippen LogP contribution in [0.5, 0.6) is 0 Å². The molecule has 1 amide bonds. The van der Waals surface area contributed by atoms with E-state index in [1.54, 1.807) is 12.1 Å². The van der Waals surface area contributed by atoms with Crippen LogP contribution in [0, 0.1) is 17.3 Å². The molecule has 1 saturated carbocycles. The third kappa shape index (κ3) is 4.09. The smallest absolute Gasteiger partial charge is 0.251 e. The molecule has 1 fully saturated rings. The van der Waals surface area contributed by atoms with Crippen molar-refractivity contribution in [2.24, 2.45) is 5.41 Å². The number of hydrogen-bond donors (Lipinski definition) is 2. The Balaban J connectivity index is 2.00. The highest BCUT2D eigenvalue weighted by Gasteiger charge is 2.32. The van der Waals surface area contributed by atoms with Crippen LogP contribution in [-0.2, 0) is 0 Å². The summed E-state index contributed by atoms with van der Waals surface area (Å²) in [6.45, 7) is 2.80. The maximum atomic E-state index is 12.3. The van der Waals surface area contributed by atoms with E-state index >= 15 is 0 Å². The van der Waals surface area contributed by atoms with E-state index in [9.17, 15) is 4.79 Å². The van der Waals surface area contributed by atoms with Gasteiger partial charge in [-0.1, -0.05) is 37.7 Å². The number of aliphatic hydroxyl groups is 1. The lowest BCUT2D eigenvalue weighted by Gasteiger charge is -2.27. The summed E-state index contributed by atoms with van der Waals surface area (Å²) in [7, 11) is 0. The Labute approximate surface area is 126 Å². The number of nitrogens with one attached hydrogen (secondary N) is 1. The fraction of sp³-hybridized carbons (Fsp3) is 0.500. The molecule has 0 heterocycles. The van der Waals surface area contributed by atoms with Gasteiger partial charge in [0.2, 0.25) is 0 Å². The molecule has 2 N–H and O–H groups in total. The maximum Gasteiger partial charge on any atom is 0.251 e. The predicted molar refractivity (Wildman–Crippen MR) is 83.9 cm³/mol. The van der Waals surface area contributed by atoms with Crippen molar-refractivity contribution < 1.29 is 9.90 Å². The Morgan fingerprint density at radius 3 is 2.81 bits per heavy atom. The van der Waals surface area contributed by atoms with Crippen molar-refractivity contribution in [2.45, 2.75) is 39.0 Å². The van der Waals surface area contributed by atoms with Crippen molar-refractivity contribution in [2.75, 3.05) is 13.2 Å². The van der Waals surface area contributed by atoms with Gasteiger partial charge in [0.15, 0.2) is 0 Å². The van der Waals surface area contributed by atoms with Gasteiger partial charge in [0.1, 0.15) is 6.61 Å². The van der Waals surface area contributed by atoms with Crippen molar-refractivity contribution in [3.63, 3.8) is 0 Å². The maximum absolute atomic E-state index is 12.3. The molecule has 1 aromatic carbocycles. The molecule has 1 aliphatic carbocycles. The van der Waals surface area contributed by atoms with E-state index in [0.717, 1.165) is 18.5 Å². The van der Waals surface area contributed by atoms with Crippen LogP contribution in [0.4, 0.5) is 0 Å². The molecule has 0 unspecified atom stereocenters. The standard InChI is InChI=1S/C18H23NO2/c1-2-18(10-3-4-11-18)14-19-17(21)16-9-5-7-15(13-16)8-6-12-20/h5,7,9,13,20H,2-4,10-12,14H2,1H3,(H,19,21). The fourth-order valence-corrected chi connectivity index (χ4v) is 3.03. The first-order chi connectivity index (χ1) is 10.2. The summed E-state index contributed by atoms with van der Waals surface area (Å²) >= 11 is 0. The number of benzene rings is 1. The molecule has 3 heteroatoms. The van der Waals surface area contributed by atoms with E-state index in [0.29, 0.717) is 11.0 Å². The first kappa shape index (κ1) is 15.6. The minimum atomic E-state index is -0.171. The van der Waals surface area contributed by atoms with Crippen LogP contribution in [0.3, 0.4) is 0 Å². The van der Waals surface area contributed by atoms with Gasteiger partial charge in [0, 0.05) is 17.7 Å². The molecule has 2 rings (SSSR count). The van der Waals surface area contributed by atoms with Crippen LogP contribution in [-0.4, -0.2) is 24.2 Å². The lowest BCUT2D eigenvalue weighted by Crippen LogP contribution is -2.35. The molecule has 0 atom stereocenters. The van der Waals surface area contributed by atoms with Gasteiger partial charge >= 0.3 is 0 Å². The fourth-order valence-electron chi connectivity index (χ4n) is 3.03. The highest BCUT2D eigenvalue weighted by atomic mass is 16.2. The summed E-state index contributed by atoms with van der Waals surface area (Å²) in [6.07, 6.45) is 6.10. The van der Waals surface area contributed by atoms with Gasteiger partial charge in [0.05, 0.1) is 0 Å². The Morgan fingerprint density at radius 2 is 2.14 bits per heavy atom. The molecule has 0 aliphatic heterocycles. The van der Waals surface area contributed by atoms with E-state index in [4.69, 9.17) is 5.11 Å². The second-order valence-corrected chi connectivity index (χ2v) is 5.78. The molecule has 0 bridgehead atoms. The minimum Gasteiger partial charge on any atom is -0.384 e. The van der Waals surface area contributed by atoms with Crippen LogP contribution >= 0.6 is 0 Å². The molecule has 0 saturated heterocycles. The van der Waals surface area contributed by atoms with Crippen LogP contribution in [0.25, 0.3) is 0 Å². The number of amides is 1. The van der Waals surface area contributed by atoms with Crippen LogP contribution < -0.4 is 5.32 Å². The Kier molecular flexibility index (Phi) is 5.41. The molecule has 112 valence electrons. The summed E-state index contributed by atoms with van der Waals surface area (Å²) in [6, 6.07) is 7.23. The number of carbonyl (C=O) groups excluding carboxylic acids is 1. The highest BCUT2D eigenvalue weighted by Crippen LogP contribution is 2.40. The molecular formula is C18H23NO2. The third-order valence-corrected chi connectivity index (χ3v) is 4.47. The molecular weight excluding hydrogens is 262 g/mol. The quantitative estimate of drug-likeness (QED) is 0.836. The average Bonchev–Trinajstić information content (AvgIpc) is 3.00. The summed E-state index contributed by atoms with van der Waals surface area (Å²) in [5.41, 5.74) is 1.68.